The Hall–Kier alpha value is -0.720. The van der Waals surface area contributed by atoms with Crippen molar-refractivity contribution in [2.45, 2.75) is 186 Å². The molecule has 0 spiro atoms. The van der Waals surface area contributed by atoms with E-state index in [1.54, 1.807) is 14.2 Å². The highest BCUT2D eigenvalue weighted by molar-refractivity contribution is 4.89. The number of methoxy groups -OCH3 is 2. The van der Waals surface area contributed by atoms with E-state index in [9.17, 15) is 25.5 Å². The van der Waals surface area contributed by atoms with Crippen molar-refractivity contribution < 1.29 is 87.1 Å². The van der Waals surface area contributed by atoms with Gasteiger partial charge in [0.2, 0.25) is 0 Å². The summed E-state index contributed by atoms with van der Waals surface area (Å²) in [4.78, 5) is 0. The van der Waals surface area contributed by atoms with Gasteiger partial charge in [-0.15, -0.1) is 0 Å². The zero-order valence-electron chi connectivity index (χ0n) is 39.0. The second kappa shape index (κ2) is 23.5. The topological polar surface area (TPSA) is 221 Å². The Balaban J connectivity index is 1.11. The monoisotopic (exact) mass is 909 g/mol. The quantitative estimate of drug-likeness (QED) is 0.141. The number of aliphatic hydroxyl groups is 5. The van der Waals surface area contributed by atoms with Crippen LogP contribution in [0.2, 0.25) is 0 Å². The SMILES string of the molecule is COCC1CC(O)C(C)C(OCC2CC(OC3OC(COC4OCC(C)C(O)C4C)C(C)C(O)C3C)C(C)C(OCC3CC(O)C(C)C(OCC4CC(O)C(C)C(OC)O4)O3)O2)O1. The number of hydrogen-bond donors (Lipinski definition) is 5. The van der Waals surface area contributed by atoms with Gasteiger partial charge in [0.1, 0.15) is 0 Å². The van der Waals surface area contributed by atoms with Crippen LogP contribution in [0.5, 0.6) is 0 Å². The molecule has 0 radical (unpaired) electrons. The fourth-order valence-corrected chi connectivity index (χ4v) is 9.73. The minimum atomic E-state index is -0.799. The Morgan fingerprint density at radius 1 is 0.429 bits per heavy atom. The van der Waals surface area contributed by atoms with Crippen LogP contribution in [0, 0.1) is 47.3 Å². The third-order valence-electron chi connectivity index (χ3n) is 14.6. The molecule has 25 atom stereocenters. The molecule has 368 valence electrons. The molecule has 0 aromatic heterocycles. The Labute approximate surface area is 373 Å². The zero-order valence-corrected chi connectivity index (χ0v) is 39.0. The maximum atomic E-state index is 11.5. The van der Waals surface area contributed by atoms with Crippen molar-refractivity contribution in [3.63, 3.8) is 0 Å². The molecule has 5 N–H and O–H groups in total. The third kappa shape index (κ3) is 12.9. The largest absolute Gasteiger partial charge is 0.393 e. The molecule has 0 bridgehead atoms. The van der Waals surface area contributed by atoms with Gasteiger partial charge in [-0.2, -0.15) is 0 Å². The molecule has 18 nitrogen and oxygen atoms in total. The average Bonchev–Trinajstić information content (AvgIpc) is 3.25. The maximum Gasteiger partial charge on any atom is 0.163 e. The standard InChI is InChI=1S/C45H80O18/c1-21-15-53-41(27(7)38(21)49)57-20-37-25(5)39(50)28(8)45(63-37)62-36-14-32(19-55-42-23(3)34(47)11-29(59-42)16-51-9)61-44(26(36)6)56-18-31-13-35(48)24(4)43(60-31)54-17-30-12-33(46)22(2)40(52-10)58-30/h21-50H,11-20H2,1-10H3. The summed E-state index contributed by atoms with van der Waals surface area (Å²) in [5, 5.41) is 54.6. The van der Waals surface area contributed by atoms with E-state index < -0.39 is 98.8 Å². The Morgan fingerprint density at radius 3 is 1.40 bits per heavy atom. The first kappa shape index (κ1) is 51.7. The van der Waals surface area contributed by atoms with Crippen LogP contribution in [0.3, 0.4) is 0 Å². The van der Waals surface area contributed by atoms with Gasteiger partial charge in [-0.3, -0.25) is 0 Å². The van der Waals surface area contributed by atoms with Crippen LogP contribution >= 0.6 is 0 Å². The van der Waals surface area contributed by atoms with Crippen molar-refractivity contribution >= 4 is 0 Å². The van der Waals surface area contributed by atoms with Gasteiger partial charge in [-0.25, -0.2) is 0 Å². The molecule has 6 aliphatic heterocycles. The van der Waals surface area contributed by atoms with Crippen molar-refractivity contribution in [3.8, 4) is 0 Å². The molecular weight excluding hydrogens is 828 g/mol. The van der Waals surface area contributed by atoms with E-state index >= 15 is 0 Å². The summed E-state index contributed by atoms with van der Waals surface area (Å²) in [6.45, 7) is 16.5. The Kier molecular flexibility index (Phi) is 19.3. The lowest BCUT2D eigenvalue weighted by Gasteiger charge is -2.47. The van der Waals surface area contributed by atoms with Gasteiger partial charge in [-0.05, 0) is 0 Å². The second-order valence-corrected chi connectivity index (χ2v) is 19.6. The minimum Gasteiger partial charge on any atom is -0.393 e. The molecule has 0 aromatic carbocycles. The van der Waals surface area contributed by atoms with Crippen molar-refractivity contribution in [3.05, 3.63) is 0 Å². The smallest absolute Gasteiger partial charge is 0.163 e. The molecule has 0 saturated carbocycles. The Bertz CT molecular complexity index is 1350. The molecule has 0 amide bonds. The summed E-state index contributed by atoms with van der Waals surface area (Å²) in [7, 11) is 3.14. The molecule has 63 heavy (non-hydrogen) atoms. The summed E-state index contributed by atoms with van der Waals surface area (Å²) in [5.41, 5.74) is 0. The molecular formula is C45H80O18. The van der Waals surface area contributed by atoms with Gasteiger partial charge in [0.15, 0.2) is 37.7 Å². The minimum absolute atomic E-state index is 0.000181. The fraction of sp³-hybridized carbons (Fsp3) is 1.00. The van der Waals surface area contributed by atoms with Crippen molar-refractivity contribution in [2.75, 3.05) is 53.9 Å². The van der Waals surface area contributed by atoms with Gasteiger partial charge in [0.05, 0.1) is 107 Å². The first-order chi connectivity index (χ1) is 30.0. The van der Waals surface area contributed by atoms with E-state index in [2.05, 4.69) is 0 Å². The molecule has 18 heteroatoms. The summed E-state index contributed by atoms with van der Waals surface area (Å²) < 4.78 is 80.4. The predicted octanol–water partition coefficient (Wildman–Crippen LogP) is 2.17. The number of ether oxygens (including phenoxy) is 13. The van der Waals surface area contributed by atoms with Gasteiger partial charge < -0.3 is 87.1 Å². The first-order valence-electron chi connectivity index (χ1n) is 23.4. The molecule has 6 heterocycles. The second-order valence-electron chi connectivity index (χ2n) is 19.6. The summed E-state index contributed by atoms with van der Waals surface area (Å²) in [6.07, 6.45) is -8.70. The summed E-state index contributed by atoms with van der Waals surface area (Å²) in [5.74, 6) is -2.02. The molecule has 0 aliphatic carbocycles. The van der Waals surface area contributed by atoms with Crippen LogP contribution in [0.1, 0.15) is 81.1 Å². The Morgan fingerprint density at radius 2 is 0.873 bits per heavy atom. The molecule has 6 fully saturated rings. The lowest BCUT2D eigenvalue weighted by molar-refractivity contribution is -0.333. The van der Waals surface area contributed by atoms with Gasteiger partial charge in [-0.1, -0.05) is 55.4 Å². The molecule has 6 saturated heterocycles. The molecule has 0 aromatic rings. The van der Waals surface area contributed by atoms with Crippen LogP contribution in [0.4, 0.5) is 0 Å². The van der Waals surface area contributed by atoms with E-state index in [0.717, 1.165) is 0 Å². The number of rotatable bonds is 17. The lowest BCUT2D eigenvalue weighted by Crippen LogP contribution is -2.55. The van der Waals surface area contributed by atoms with Gasteiger partial charge in [0.25, 0.3) is 0 Å². The predicted molar refractivity (Wildman–Crippen MR) is 222 cm³/mol. The molecule has 25 unspecified atom stereocenters. The van der Waals surface area contributed by atoms with Gasteiger partial charge in [0, 0.05) is 87.2 Å². The highest BCUT2D eigenvalue weighted by Crippen LogP contribution is 2.38. The van der Waals surface area contributed by atoms with Crippen LogP contribution < -0.4 is 0 Å². The molecule has 6 aliphatic rings. The third-order valence-corrected chi connectivity index (χ3v) is 14.6. The fourth-order valence-electron chi connectivity index (χ4n) is 9.73. The van der Waals surface area contributed by atoms with Crippen LogP contribution in [0.15, 0.2) is 0 Å². The average molecular weight is 909 g/mol. The zero-order chi connectivity index (χ0) is 45.7. The van der Waals surface area contributed by atoms with E-state index in [1.807, 2.05) is 55.4 Å². The van der Waals surface area contributed by atoms with E-state index in [1.165, 1.54) is 0 Å². The summed E-state index contributed by atoms with van der Waals surface area (Å²) >= 11 is 0. The van der Waals surface area contributed by atoms with Crippen molar-refractivity contribution in [1.29, 1.82) is 0 Å². The van der Waals surface area contributed by atoms with Crippen LogP contribution in [0.25, 0.3) is 0 Å². The number of aliphatic hydroxyl groups excluding tert-OH is 5. The lowest BCUT2D eigenvalue weighted by atomic mass is 9.85. The number of hydrogen-bond acceptors (Lipinski definition) is 18. The highest BCUT2D eigenvalue weighted by Gasteiger charge is 2.48. The first-order valence-corrected chi connectivity index (χ1v) is 23.4. The van der Waals surface area contributed by atoms with Crippen molar-refractivity contribution in [2.24, 2.45) is 47.3 Å². The summed E-state index contributed by atoms with van der Waals surface area (Å²) in [6, 6.07) is 0. The van der Waals surface area contributed by atoms with Crippen LogP contribution in [-0.4, -0.2) is 184 Å². The van der Waals surface area contributed by atoms with E-state index in [4.69, 9.17) is 61.6 Å². The van der Waals surface area contributed by atoms with Crippen molar-refractivity contribution in [1.82, 2.24) is 0 Å². The van der Waals surface area contributed by atoms with Crippen LogP contribution in [-0.2, 0) is 61.6 Å². The van der Waals surface area contributed by atoms with E-state index in [-0.39, 0.29) is 79.9 Å². The van der Waals surface area contributed by atoms with Gasteiger partial charge >= 0.3 is 0 Å². The highest BCUT2D eigenvalue weighted by atomic mass is 16.7. The molecule has 6 rings (SSSR count). The normalized spacial score (nSPS) is 50.0. The maximum absolute atomic E-state index is 11.5. The van der Waals surface area contributed by atoms with E-state index in [0.29, 0.717) is 38.9 Å².